The van der Waals surface area contributed by atoms with E-state index in [2.05, 4.69) is 0 Å². The third-order valence-corrected chi connectivity index (χ3v) is 2.44. The van der Waals surface area contributed by atoms with Crippen LogP contribution in [0.2, 0.25) is 0 Å². The average molecular weight is 211 g/mol. The Hall–Kier alpha value is -1.29. The molecule has 1 aliphatic rings. The first-order valence-electron chi connectivity index (χ1n) is 5.05. The fraction of sp³-hybridized carbons (Fsp3) is 0.455. The fourth-order valence-electron chi connectivity index (χ4n) is 1.57. The summed E-state index contributed by atoms with van der Waals surface area (Å²) in [5.41, 5.74) is 5.52. The van der Waals surface area contributed by atoms with Crippen molar-refractivity contribution in [2.75, 3.05) is 18.9 Å². The maximum Gasteiger partial charge on any atom is 0.149 e. The van der Waals surface area contributed by atoms with Gasteiger partial charge in [0, 0.05) is 18.9 Å². The van der Waals surface area contributed by atoms with E-state index in [-0.39, 0.29) is 11.8 Å². The van der Waals surface area contributed by atoms with Crippen molar-refractivity contribution < 1.29 is 13.9 Å². The number of benzene rings is 1. The number of nitrogens with two attached hydrogens (primary N) is 1. The molecule has 3 nitrogen and oxygen atoms in total. The second kappa shape index (κ2) is 4.49. The summed E-state index contributed by atoms with van der Waals surface area (Å²) in [5, 5.41) is 0. The fourth-order valence-corrected chi connectivity index (χ4v) is 1.57. The first-order chi connectivity index (χ1) is 7.25. The maximum absolute atomic E-state index is 13.1. The quantitative estimate of drug-likeness (QED) is 0.760. The molecule has 1 heterocycles. The first-order valence-corrected chi connectivity index (χ1v) is 5.05. The van der Waals surface area contributed by atoms with Gasteiger partial charge in [-0.15, -0.1) is 0 Å². The Morgan fingerprint density at radius 2 is 2.07 bits per heavy atom. The van der Waals surface area contributed by atoms with Crippen molar-refractivity contribution in [3.8, 4) is 5.75 Å². The van der Waals surface area contributed by atoms with E-state index < -0.39 is 5.82 Å². The SMILES string of the molecule is Nc1ccc(OC2CCOCC2)cc1F. The van der Waals surface area contributed by atoms with Gasteiger partial charge in [-0.05, 0) is 12.1 Å². The van der Waals surface area contributed by atoms with Crippen LogP contribution in [0.5, 0.6) is 5.75 Å². The topological polar surface area (TPSA) is 44.5 Å². The smallest absolute Gasteiger partial charge is 0.149 e. The highest BCUT2D eigenvalue weighted by molar-refractivity contribution is 5.43. The molecule has 0 atom stereocenters. The van der Waals surface area contributed by atoms with Crippen molar-refractivity contribution in [1.29, 1.82) is 0 Å². The third-order valence-electron chi connectivity index (χ3n) is 2.44. The number of ether oxygens (including phenoxy) is 2. The van der Waals surface area contributed by atoms with Crippen LogP contribution in [0, 0.1) is 5.82 Å². The minimum atomic E-state index is -0.431. The molecular formula is C11H14FNO2. The van der Waals surface area contributed by atoms with E-state index in [1.54, 1.807) is 6.07 Å². The van der Waals surface area contributed by atoms with Gasteiger partial charge in [0.2, 0.25) is 0 Å². The molecule has 0 bridgehead atoms. The molecule has 0 saturated carbocycles. The van der Waals surface area contributed by atoms with Crippen LogP contribution in [0.25, 0.3) is 0 Å². The molecule has 1 aromatic rings. The minimum Gasteiger partial charge on any atom is -0.490 e. The average Bonchev–Trinajstić information content (AvgIpc) is 2.25. The highest BCUT2D eigenvalue weighted by Crippen LogP contribution is 2.21. The van der Waals surface area contributed by atoms with Gasteiger partial charge < -0.3 is 15.2 Å². The van der Waals surface area contributed by atoms with Crippen molar-refractivity contribution in [3.63, 3.8) is 0 Å². The number of anilines is 1. The Balaban J connectivity index is 2.00. The van der Waals surface area contributed by atoms with Crippen molar-refractivity contribution in [2.24, 2.45) is 0 Å². The third kappa shape index (κ3) is 2.59. The van der Waals surface area contributed by atoms with Crippen LogP contribution in [0.3, 0.4) is 0 Å². The normalized spacial score (nSPS) is 17.7. The summed E-state index contributed by atoms with van der Waals surface area (Å²) in [6.07, 6.45) is 1.83. The van der Waals surface area contributed by atoms with Gasteiger partial charge in [-0.25, -0.2) is 4.39 Å². The molecule has 1 saturated heterocycles. The second-order valence-electron chi connectivity index (χ2n) is 3.61. The van der Waals surface area contributed by atoms with Crippen LogP contribution >= 0.6 is 0 Å². The maximum atomic E-state index is 13.1. The number of nitrogen functional groups attached to an aromatic ring is 1. The lowest BCUT2D eigenvalue weighted by atomic mass is 10.1. The molecule has 82 valence electrons. The van der Waals surface area contributed by atoms with E-state index in [1.165, 1.54) is 12.1 Å². The van der Waals surface area contributed by atoms with Crippen LogP contribution in [-0.4, -0.2) is 19.3 Å². The lowest BCUT2D eigenvalue weighted by Crippen LogP contribution is -2.25. The lowest BCUT2D eigenvalue weighted by molar-refractivity contribution is 0.0255. The van der Waals surface area contributed by atoms with E-state index in [4.69, 9.17) is 15.2 Å². The van der Waals surface area contributed by atoms with E-state index >= 15 is 0 Å². The van der Waals surface area contributed by atoms with E-state index in [1.807, 2.05) is 0 Å². The molecule has 0 spiro atoms. The van der Waals surface area contributed by atoms with Crippen molar-refractivity contribution in [1.82, 2.24) is 0 Å². The van der Waals surface area contributed by atoms with Gasteiger partial charge in [0.25, 0.3) is 0 Å². The molecule has 15 heavy (non-hydrogen) atoms. The van der Waals surface area contributed by atoms with Crippen LogP contribution in [0.1, 0.15) is 12.8 Å². The summed E-state index contributed by atoms with van der Waals surface area (Å²) >= 11 is 0. The zero-order valence-corrected chi connectivity index (χ0v) is 8.41. The number of halogens is 1. The summed E-state index contributed by atoms with van der Waals surface area (Å²) in [5.74, 6) is 0.105. The number of hydrogen-bond donors (Lipinski definition) is 1. The molecule has 4 heteroatoms. The first kappa shape index (κ1) is 10.2. The second-order valence-corrected chi connectivity index (χ2v) is 3.61. The highest BCUT2D eigenvalue weighted by Gasteiger charge is 2.15. The van der Waals surface area contributed by atoms with Crippen LogP contribution < -0.4 is 10.5 Å². The monoisotopic (exact) mass is 211 g/mol. The molecule has 0 unspecified atom stereocenters. The van der Waals surface area contributed by atoms with Crippen molar-refractivity contribution in [3.05, 3.63) is 24.0 Å². The Labute approximate surface area is 88.0 Å². The van der Waals surface area contributed by atoms with Gasteiger partial charge >= 0.3 is 0 Å². The molecule has 0 aliphatic carbocycles. The number of rotatable bonds is 2. The highest BCUT2D eigenvalue weighted by atomic mass is 19.1. The molecule has 2 rings (SSSR count). The van der Waals surface area contributed by atoms with Gasteiger partial charge in [-0.2, -0.15) is 0 Å². The number of hydrogen-bond acceptors (Lipinski definition) is 3. The van der Waals surface area contributed by atoms with Gasteiger partial charge in [0.1, 0.15) is 17.7 Å². The van der Waals surface area contributed by atoms with E-state index in [0.717, 1.165) is 12.8 Å². The summed E-state index contributed by atoms with van der Waals surface area (Å²) in [6.45, 7) is 1.42. The Morgan fingerprint density at radius 3 is 2.73 bits per heavy atom. The minimum absolute atomic E-state index is 0.127. The molecule has 1 fully saturated rings. The predicted molar refractivity (Wildman–Crippen MR) is 55.3 cm³/mol. The van der Waals surface area contributed by atoms with Gasteiger partial charge in [0.15, 0.2) is 0 Å². The largest absolute Gasteiger partial charge is 0.490 e. The van der Waals surface area contributed by atoms with Gasteiger partial charge in [-0.3, -0.25) is 0 Å². The van der Waals surface area contributed by atoms with Crippen LogP contribution in [0.15, 0.2) is 18.2 Å². The van der Waals surface area contributed by atoms with Crippen LogP contribution in [0.4, 0.5) is 10.1 Å². The molecule has 0 aromatic heterocycles. The van der Waals surface area contributed by atoms with Crippen LogP contribution in [-0.2, 0) is 4.74 Å². The molecular weight excluding hydrogens is 197 g/mol. The summed E-state index contributed by atoms with van der Waals surface area (Å²) < 4.78 is 23.9. The molecule has 1 aliphatic heterocycles. The van der Waals surface area contributed by atoms with Crippen molar-refractivity contribution in [2.45, 2.75) is 18.9 Å². The Bertz CT molecular complexity index is 337. The van der Waals surface area contributed by atoms with E-state index in [0.29, 0.717) is 19.0 Å². The van der Waals surface area contributed by atoms with E-state index in [9.17, 15) is 4.39 Å². The lowest BCUT2D eigenvalue weighted by Gasteiger charge is -2.23. The Kier molecular flexibility index (Phi) is 3.06. The molecule has 1 aromatic carbocycles. The zero-order valence-electron chi connectivity index (χ0n) is 8.41. The van der Waals surface area contributed by atoms with Gasteiger partial charge in [0.05, 0.1) is 18.9 Å². The summed E-state index contributed by atoms with van der Waals surface area (Å²) in [7, 11) is 0. The molecule has 0 radical (unpaired) electrons. The Morgan fingerprint density at radius 1 is 1.33 bits per heavy atom. The predicted octanol–water partition coefficient (Wildman–Crippen LogP) is 1.97. The van der Waals surface area contributed by atoms with Gasteiger partial charge in [-0.1, -0.05) is 0 Å². The van der Waals surface area contributed by atoms with Crippen molar-refractivity contribution >= 4 is 5.69 Å². The molecule has 2 N–H and O–H groups in total. The zero-order chi connectivity index (χ0) is 10.7. The summed E-state index contributed by atoms with van der Waals surface area (Å²) in [6, 6.07) is 4.53. The standard InChI is InChI=1S/C11H14FNO2/c12-10-7-9(1-2-11(10)13)15-8-3-5-14-6-4-8/h1-2,7-8H,3-6,13H2. The summed E-state index contributed by atoms with van der Waals surface area (Å²) in [4.78, 5) is 0. The molecule has 0 amide bonds.